The van der Waals surface area contributed by atoms with Gasteiger partial charge < -0.3 is 14.4 Å². The molecule has 0 bridgehead atoms. The molecule has 0 spiro atoms. The van der Waals surface area contributed by atoms with Crippen LogP contribution in [0.25, 0.3) is 0 Å². The zero-order valence-electron chi connectivity index (χ0n) is 20.6. The molecule has 3 rings (SSSR count). The zero-order valence-corrected chi connectivity index (χ0v) is 21.4. The standard InChI is InChI=1S/C26H35NO6S/c1-19-6-16-24(17-7-19)34(29,30)33-23-14-10-21(11-15-23)27(25(28)32-26(2,3)4)18-20-8-12-22(31-5)13-9-20/h6-9,12-13,16-17,21,23H,10-11,14-15,18H2,1-5H3/t21-,23+. The van der Waals surface area contributed by atoms with Gasteiger partial charge in [-0.2, -0.15) is 8.42 Å². The van der Waals surface area contributed by atoms with E-state index in [4.69, 9.17) is 13.7 Å². The van der Waals surface area contributed by atoms with Crippen molar-refractivity contribution in [2.24, 2.45) is 0 Å². The molecule has 8 heteroatoms. The van der Waals surface area contributed by atoms with E-state index in [0.29, 0.717) is 32.2 Å². The number of methoxy groups -OCH3 is 1. The molecular weight excluding hydrogens is 454 g/mol. The minimum atomic E-state index is -3.83. The monoisotopic (exact) mass is 489 g/mol. The SMILES string of the molecule is COc1ccc(CN(C(=O)OC(C)(C)C)[C@H]2CC[C@@H](OS(=O)(=O)c3ccc(C)cc3)CC2)cc1. The van der Waals surface area contributed by atoms with Crippen LogP contribution >= 0.6 is 0 Å². The van der Waals surface area contributed by atoms with E-state index in [1.807, 2.05) is 52.0 Å². The Hall–Kier alpha value is -2.58. The molecular formula is C26H35NO6S. The molecule has 1 aliphatic rings. The van der Waals surface area contributed by atoms with Gasteiger partial charge in [0.15, 0.2) is 0 Å². The third-order valence-electron chi connectivity index (χ3n) is 5.80. The van der Waals surface area contributed by atoms with Gasteiger partial charge in [0.05, 0.1) is 18.1 Å². The van der Waals surface area contributed by atoms with Gasteiger partial charge >= 0.3 is 6.09 Å². The third-order valence-corrected chi connectivity index (χ3v) is 7.17. The summed E-state index contributed by atoms with van der Waals surface area (Å²) in [7, 11) is -2.21. The van der Waals surface area contributed by atoms with Crippen LogP contribution in [0.3, 0.4) is 0 Å². The van der Waals surface area contributed by atoms with E-state index >= 15 is 0 Å². The van der Waals surface area contributed by atoms with Crippen LogP contribution in [0.4, 0.5) is 4.79 Å². The second kappa shape index (κ2) is 10.8. The van der Waals surface area contributed by atoms with Crippen molar-refractivity contribution in [3.05, 3.63) is 59.7 Å². The predicted octanol–water partition coefficient (Wildman–Crippen LogP) is 5.46. The van der Waals surface area contributed by atoms with Crippen molar-refractivity contribution in [2.45, 2.75) is 82.6 Å². The average molecular weight is 490 g/mol. The van der Waals surface area contributed by atoms with Gasteiger partial charge in [-0.05, 0) is 83.2 Å². The van der Waals surface area contributed by atoms with E-state index in [0.717, 1.165) is 16.9 Å². The molecule has 0 radical (unpaired) electrons. The number of aryl methyl sites for hydroxylation is 1. The highest BCUT2D eigenvalue weighted by molar-refractivity contribution is 7.86. The molecule has 1 amide bonds. The topological polar surface area (TPSA) is 82.1 Å². The smallest absolute Gasteiger partial charge is 0.410 e. The highest BCUT2D eigenvalue weighted by atomic mass is 32.2. The quantitative estimate of drug-likeness (QED) is 0.481. The summed E-state index contributed by atoms with van der Waals surface area (Å²) in [6.07, 6.45) is 1.55. The van der Waals surface area contributed by atoms with E-state index in [-0.39, 0.29) is 17.0 Å². The Labute approximate surface area is 203 Å². The lowest BCUT2D eigenvalue weighted by molar-refractivity contribution is 0.00466. The summed E-state index contributed by atoms with van der Waals surface area (Å²) in [6, 6.07) is 14.2. The molecule has 0 atom stereocenters. The molecule has 2 aromatic rings. The minimum absolute atomic E-state index is 0.0705. The van der Waals surface area contributed by atoms with Gasteiger partial charge in [-0.25, -0.2) is 4.79 Å². The summed E-state index contributed by atoms with van der Waals surface area (Å²) in [6.45, 7) is 7.84. The molecule has 2 aromatic carbocycles. The van der Waals surface area contributed by atoms with Crippen molar-refractivity contribution >= 4 is 16.2 Å². The van der Waals surface area contributed by atoms with Gasteiger partial charge in [0.25, 0.3) is 10.1 Å². The number of rotatable bonds is 7. The van der Waals surface area contributed by atoms with Gasteiger partial charge in [0.1, 0.15) is 11.4 Å². The second-order valence-corrected chi connectivity index (χ2v) is 11.3. The maximum Gasteiger partial charge on any atom is 0.410 e. The molecule has 0 saturated heterocycles. The van der Waals surface area contributed by atoms with Crippen molar-refractivity contribution in [3.63, 3.8) is 0 Å². The number of benzene rings is 2. The molecule has 0 heterocycles. The summed E-state index contributed by atoms with van der Waals surface area (Å²) < 4.78 is 41.8. The van der Waals surface area contributed by atoms with Crippen LogP contribution in [0, 0.1) is 6.92 Å². The lowest BCUT2D eigenvalue weighted by Gasteiger charge is -2.37. The van der Waals surface area contributed by atoms with E-state index < -0.39 is 21.8 Å². The van der Waals surface area contributed by atoms with Gasteiger partial charge in [0, 0.05) is 12.6 Å². The highest BCUT2D eigenvalue weighted by Crippen LogP contribution is 2.30. The van der Waals surface area contributed by atoms with Crippen molar-refractivity contribution in [3.8, 4) is 5.75 Å². The normalized spacial score (nSPS) is 18.9. The zero-order chi connectivity index (χ0) is 24.9. The van der Waals surface area contributed by atoms with E-state index in [2.05, 4.69) is 0 Å². The minimum Gasteiger partial charge on any atom is -0.497 e. The fourth-order valence-electron chi connectivity index (χ4n) is 3.98. The fourth-order valence-corrected chi connectivity index (χ4v) is 5.11. The number of carbonyl (C=O) groups excluding carboxylic acids is 1. The molecule has 0 N–H and O–H groups in total. The summed E-state index contributed by atoms with van der Waals surface area (Å²) in [5.41, 5.74) is 1.34. The van der Waals surface area contributed by atoms with Crippen molar-refractivity contribution in [2.75, 3.05) is 7.11 Å². The maximum absolute atomic E-state index is 13.1. The van der Waals surface area contributed by atoms with Crippen LogP contribution in [0.5, 0.6) is 5.75 Å². The average Bonchev–Trinajstić information content (AvgIpc) is 2.77. The summed E-state index contributed by atoms with van der Waals surface area (Å²) in [5.74, 6) is 0.750. The largest absolute Gasteiger partial charge is 0.497 e. The summed E-state index contributed by atoms with van der Waals surface area (Å²) >= 11 is 0. The summed E-state index contributed by atoms with van der Waals surface area (Å²) in [4.78, 5) is 15.0. The van der Waals surface area contributed by atoms with Crippen molar-refractivity contribution in [1.82, 2.24) is 4.90 Å². The van der Waals surface area contributed by atoms with E-state index in [1.165, 1.54) is 0 Å². The second-order valence-electron chi connectivity index (χ2n) is 9.75. The number of nitrogens with zero attached hydrogens (tertiary/aromatic N) is 1. The third kappa shape index (κ3) is 7.21. The Balaban J connectivity index is 1.68. The van der Waals surface area contributed by atoms with Gasteiger partial charge in [-0.1, -0.05) is 29.8 Å². The summed E-state index contributed by atoms with van der Waals surface area (Å²) in [5, 5.41) is 0. The molecule has 1 aliphatic carbocycles. The van der Waals surface area contributed by atoms with Crippen LogP contribution in [-0.4, -0.2) is 44.3 Å². The fraction of sp³-hybridized carbons (Fsp3) is 0.500. The molecule has 1 fully saturated rings. The first-order valence-corrected chi connectivity index (χ1v) is 13.0. The van der Waals surface area contributed by atoms with E-state index in [1.54, 1.807) is 36.3 Å². The molecule has 7 nitrogen and oxygen atoms in total. The van der Waals surface area contributed by atoms with Gasteiger partial charge in [-0.15, -0.1) is 0 Å². The van der Waals surface area contributed by atoms with E-state index in [9.17, 15) is 13.2 Å². The van der Waals surface area contributed by atoms with Crippen LogP contribution in [0.1, 0.15) is 57.6 Å². The van der Waals surface area contributed by atoms with Gasteiger partial charge in [0.2, 0.25) is 0 Å². The molecule has 186 valence electrons. The molecule has 0 aromatic heterocycles. The van der Waals surface area contributed by atoms with Crippen LogP contribution in [0.2, 0.25) is 0 Å². The Morgan fingerprint density at radius 2 is 1.56 bits per heavy atom. The first-order valence-electron chi connectivity index (χ1n) is 11.6. The Kier molecular flexibility index (Phi) is 8.25. The predicted molar refractivity (Wildman–Crippen MR) is 130 cm³/mol. The lowest BCUT2D eigenvalue weighted by atomic mass is 9.92. The highest BCUT2D eigenvalue weighted by Gasteiger charge is 2.34. The molecule has 0 aliphatic heterocycles. The van der Waals surface area contributed by atoms with Crippen LogP contribution in [-0.2, 0) is 25.6 Å². The first kappa shape index (κ1) is 26.0. The number of hydrogen-bond acceptors (Lipinski definition) is 6. The Bertz CT molecular complexity index is 1050. The van der Waals surface area contributed by atoms with Crippen LogP contribution in [0.15, 0.2) is 53.4 Å². The van der Waals surface area contributed by atoms with Gasteiger partial charge in [-0.3, -0.25) is 4.18 Å². The number of hydrogen-bond donors (Lipinski definition) is 0. The lowest BCUT2D eigenvalue weighted by Crippen LogP contribution is -2.45. The number of amides is 1. The van der Waals surface area contributed by atoms with Crippen molar-refractivity contribution < 1.29 is 26.9 Å². The Morgan fingerprint density at radius 1 is 0.971 bits per heavy atom. The molecule has 0 unspecified atom stereocenters. The van der Waals surface area contributed by atoms with Crippen molar-refractivity contribution in [1.29, 1.82) is 0 Å². The molecule has 1 saturated carbocycles. The number of ether oxygens (including phenoxy) is 2. The first-order chi connectivity index (χ1) is 16.0. The van der Waals surface area contributed by atoms with Crippen LogP contribution < -0.4 is 4.74 Å². The Morgan fingerprint density at radius 3 is 2.09 bits per heavy atom. The maximum atomic E-state index is 13.1. The molecule has 34 heavy (non-hydrogen) atoms. The number of carbonyl (C=O) groups is 1.